The molecule has 1 saturated carbocycles. The van der Waals surface area contributed by atoms with Gasteiger partial charge in [-0.05, 0) is 12.8 Å². The molecule has 0 radical (unpaired) electrons. The van der Waals surface area contributed by atoms with Gasteiger partial charge in [0, 0.05) is 0 Å². The lowest BCUT2D eigenvalue weighted by atomic mass is 10.5. The molecule has 1 aliphatic carbocycles. The van der Waals surface area contributed by atoms with E-state index in [1.807, 2.05) is 6.08 Å². The number of allylic oxidation sites excluding steroid dienone is 3. The molecule has 0 atom stereocenters. The second kappa shape index (κ2) is 1.29. The van der Waals surface area contributed by atoms with E-state index in [0.717, 1.165) is 0 Å². The Kier molecular flexibility index (Phi) is 0.789. The Labute approximate surface area is 38.2 Å². The zero-order valence-corrected chi connectivity index (χ0v) is 3.78. The van der Waals surface area contributed by atoms with Crippen LogP contribution in [0.3, 0.4) is 0 Å². The molecule has 1 fully saturated rings. The minimum Gasteiger partial charge on any atom is -0.0991 e. The molecule has 0 amide bonds. The van der Waals surface area contributed by atoms with E-state index in [9.17, 15) is 0 Å². The van der Waals surface area contributed by atoms with Gasteiger partial charge < -0.3 is 0 Å². The fourth-order valence-corrected chi connectivity index (χ4v) is 0.406. The molecule has 32 valence electrons. The van der Waals surface area contributed by atoms with Crippen molar-refractivity contribution in [3.8, 4) is 0 Å². The second-order valence-corrected chi connectivity index (χ2v) is 1.56. The molecule has 0 heteroatoms. The van der Waals surface area contributed by atoms with Gasteiger partial charge in [-0.1, -0.05) is 24.3 Å². The van der Waals surface area contributed by atoms with Crippen LogP contribution in [0.5, 0.6) is 0 Å². The highest BCUT2D eigenvalue weighted by molar-refractivity contribution is 5.21. The number of rotatable bonds is 1. The number of hydrogen-bond acceptors (Lipinski definition) is 0. The van der Waals surface area contributed by atoms with Crippen LogP contribution in [0.15, 0.2) is 24.3 Å². The molecule has 0 saturated heterocycles. The van der Waals surface area contributed by atoms with Gasteiger partial charge in [0.2, 0.25) is 0 Å². The first-order valence-corrected chi connectivity index (χ1v) is 2.24. The lowest BCUT2D eigenvalue weighted by Gasteiger charge is -1.59. The van der Waals surface area contributed by atoms with E-state index in [0.29, 0.717) is 0 Å². The van der Waals surface area contributed by atoms with Crippen LogP contribution in [0.25, 0.3) is 0 Å². The minimum atomic E-state index is 1.31. The Morgan fingerprint density at radius 3 is 2.33 bits per heavy atom. The van der Waals surface area contributed by atoms with Crippen molar-refractivity contribution in [3.05, 3.63) is 24.3 Å². The quantitative estimate of drug-likeness (QED) is 0.451. The summed E-state index contributed by atoms with van der Waals surface area (Å²) in [5, 5.41) is 0. The number of hydrogen-bond donors (Lipinski definition) is 0. The smallest absolute Gasteiger partial charge is 0.0280 e. The Hall–Kier alpha value is -0.520. The highest BCUT2D eigenvalue weighted by atomic mass is 14.1. The van der Waals surface area contributed by atoms with E-state index in [1.165, 1.54) is 12.8 Å². The fraction of sp³-hybridized carbons (Fsp3) is 0.333. The van der Waals surface area contributed by atoms with Crippen molar-refractivity contribution in [2.24, 2.45) is 0 Å². The van der Waals surface area contributed by atoms with Gasteiger partial charge in [-0.25, -0.2) is 0 Å². The molecule has 0 N–H and O–H groups in total. The average molecular weight is 80.1 g/mol. The molecule has 1 rings (SSSR count). The SMILES string of the molecule is C=CC=C1CC1. The summed E-state index contributed by atoms with van der Waals surface area (Å²) in [6.45, 7) is 3.56. The molecule has 0 spiro atoms. The van der Waals surface area contributed by atoms with Crippen LogP contribution >= 0.6 is 0 Å². The Morgan fingerprint density at radius 1 is 1.50 bits per heavy atom. The highest BCUT2D eigenvalue weighted by Gasteiger charge is 2.07. The zero-order chi connectivity index (χ0) is 4.41. The maximum absolute atomic E-state index is 3.56. The van der Waals surface area contributed by atoms with Gasteiger partial charge in [0.15, 0.2) is 0 Å². The summed E-state index contributed by atoms with van der Waals surface area (Å²) in [6, 6.07) is 0. The van der Waals surface area contributed by atoms with Crippen LogP contribution in [0.2, 0.25) is 0 Å². The Balaban J connectivity index is 2.42. The molecule has 0 bridgehead atoms. The summed E-state index contributed by atoms with van der Waals surface area (Å²) < 4.78 is 0. The van der Waals surface area contributed by atoms with E-state index in [1.54, 1.807) is 5.57 Å². The van der Waals surface area contributed by atoms with Gasteiger partial charge in [0.1, 0.15) is 0 Å². The first kappa shape index (κ1) is 3.66. The largest absolute Gasteiger partial charge is 0.0991 e. The van der Waals surface area contributed by atoms with Crippen molar-refractivity contribution < 1.29 is 0 Å². The topological polar surface area (TPSA) is 0 Å². The lowest BCUT2D eigenvalue weighted by molar-refractivity contribution is 1.50. The molecule has 0 aliphatic heterocycles. The van der Waals surface area contributed by atoms with Crippen LogP contribution in [-0.4, -0.2) is 0 Å². The van der Waals surface area contributed by atoms with Gasteiger partial charge in [0.05, 0.1) is 0 Å². The van der Waals surface area contributed by atoms with E-state index in [2.05, 4.69) is 12.7 Å². The third-order valence-electron chi connectivity index (χ3n) is 0.892. The molecule has 0 nitrogen and oxygen atoms in total. The van der Waals surface area contributed by atoms with E-state index in [4.69, 9.17) is 0 Å². The minimum absolute atomic E-state index is 1.31. The van der Waals surface area contributed by atoms with Crippen LogP contribution in [0.1, 0.15) is 12.8 Å². The third kappa shape index (κ3) is 0.713. The standard InChI is InChI=1S/C6H8/c1-2-3-6-4-5-6/h2-3H,1,4-5H2. The average Bonchev–Trinajstić information content (AvgIpc) is 2.21. The summed E-state index contributed by atoms with van der Waals surface area (Å²) in [6.07, 6.45) is 6.56. The normalized spacial score (nSPS) is 17.0. The van der Waals surface area contributed by atoms with Gasteiger partial charge in [-0.3, -0.25) is 0 Å². The monoisotopic (exact) mass is 80.1 g/mol. The van der Waals surface area contributed by atoms with Crippen molar-refractivity contribution in [3.63, 3.8) is 0 Å². The molecule has 0 aromatic rings. The van der Waals surface area contributed by atoms with Crippen molar-refractivity contribution in [2.75, 3.05) is 0 Å². The van der Waals surface area contributed by atoms with Gasteiger partial charge in [-0.2, -0.15) is 0 Å². The summed E-state index contributed by atoms with van der Waals surface area (Å²) >= 11 is 0. The summed E-state index contributed by atoms with van der Waals surface area (Å²) in [5.41, 5.74) is 1.55. The predicted molar refractivity (Wildman–Crippen MR) is 27.5 cm³/mol. The van der Waals surface area contributed by atoms with E-state index >= 15 is 0 Å². The Bertz CT molecular complexity index is 82.2. The molecule has 0 heterocycles. The van der Waals surface area contributed by atoms with Crippen molar-refractivity contribution in [1.82, 2.24) is 0 Å². The molecule has 0 aromatic carbocycles. The molecule has 6 heavy (non-hydrogen) atoms. The summed E-state index contributed by atoms with van der Waals surface area (Å²) in [4.78, 5) is 0. The van der Waals surface area contributed by atoms with Crippen LogP contribution in [0, 0.1) is 0 Å². The van der Waals surface area contributed by atoms with Crippen molar-refractivity contribution >= 4 is 0 Å². The van der Waals surface area contributed by atoms with E-state index < -0.39 is 0 Å². The second-order valence-electron chi connectivity index (χ2n) is 1.56. The van der Waals surface area contributed by atoms with E-state index in [-0.39, 0.29) is 0 Å². The lowest BCUT2D eigenvalue weighted by Crippen LogP contribution is -1.37. The van der Waals surface area contributed by atoms with Gasteiger partial charge >= 0.3 is 0 Å². The molecule has 0 unspecified atom stereocenters. The molecular weight excluding hydrogens is 72.1 g/mol. The predicted octanol–water partition coefficient (Wildman–Crippen LogP) is 1.89. The highest BCUT2D eigenvalue weighted by Crippen LogP contribution is 2.26. The molecule has 1 aliphatic rings. The third-order valence-corrected chi connectivity index (χ3v) is 0.892. The first-order chi connectivity index (χ1) is 2.93. The molecular formula is C6H8. The van der Waals surface area contributed by atoms with Crippen molar-refractivity contribution in [1.29, 1.82) is 0 Å². The zero-order valence-electron chi connectivity index (χ0n) is 3.78. The Morgan fingerprint density at radius 2 is 2.17 bits per heavy atom. The van der Waals surface area contributed by atoms with Crippen LogP contribution in [-0.2, 0) is 0 Å². The van der Waals surface area contributed by atoms with Crippen LogP contribution in [0.4, 0.5) is 0 Å². The van der Waals surface area contributed by atoms with Crippen LogP contribution < -0.4 is 0 Å². The van der Waals surface area contributed by atoms with Crippen molar-refractivity contribution in [2.45, 2.75) is 12.8 Å². The summed E-state index contributed by atoms with van der Waals surface area (Å²) in [5.74, 6) is 0. The van der Waals surface area contributed by atoms with Gasteiger partial charge in [-0.15, -0.1) is 0 Å². The fourth-order valence-electron chi connectivity index (χ4n) is 0.406. The maximum Gasteiger partial charge on any atom is -0.0280 e. The summed E-state index contributed by atoms with van der Waals surface area (Å²) in [7, 11) is 0. The first-order valence-electron chi connectivity index (χ1n) is 2.24. The molecule has 0 aromatic heterocycles. The maximum atomic E-state index is 3.56. The van der Waals surface area contributed by atoms with Gasteiger partial charge in [0.25, 0.3) is 0 Å².